The minimum Gasteiger partial charge on any atom is -0.481 e. The summed E-state index contributed by atoms with van der Waals surface area (Å²) in [6.07, 6.45) is 3.87. The van der Waals surface area contributed by atoms with Crippen molar-refractivity contribution in [1.29, 1.82) is 0 Å². The van der Waals surface area contributed by atoms with E-state index >= 15 is 0 Å². The zero-order valence-electron chi connectivity index (χ0n) is 7.99. The summed E-state index contributed by atoms with van der Waals surface area (Å²) in [4.78, 5) is 10.9. The monoisotopic (exact) mass is 183 g/mol. The molecule has 0 aromatic rings. The third-order valence-electron chi connectivity index (χ3n) is 4.05. The summed E-state index contributed by atoms with van der Waals surface area (Å²) in [5.74, 6) is -0.142. The fraction of sp³-hybridized carbons (Fsp3) is 0.900. The van der Waals surface area contributed by atoms with E-state index in [1.165, 1.54) is 0 Å². The summed E-state index contributed by atoms with van der Waals surface area (Å²) in [5.41, 5.74) is 5.91. The summed E-state index contributed by atoms with van der Waals surface area (Å²) in [7, 11) is 0. The Morgan fingerprint density at radius 2 is 2.31 bits per heavy atom. The first kappa shape index (κ1) is 9.00. The molecule has 3 heteroatoms. The molecule has 0 aromatic carbocycles. The Morgan fingerprint density at radius 3 is 2.69 bits per heavy atom. The van der Waals surface area contributed by atoms with Gasteiger partial charge in [-0.2, -0.15) is 0 Å². The summed E-state index contributed by atoms with van der Waals surface area (Å²) in [6, 6.07) is 0.138. The van der Waals surface area contributed by atoms with Gasteiger partial charge in [-0.3, -0.25) is 4.79 Å². The van der Waals surface area contributed by atoms with E-state index in [4.69, 9.17) is 10.8 Å². The quantitative estimate of drug-likeness (QED) is 0.642. The molecule has 2 fully saturated rings. The highest BCUT2D eigenvalue weighted by molar-refractivity contribution is 5.73. The molecule has 0 heterocycles. The molecule has 0 bridgehead atoms. The molecule has 0 amide bonds. The third-order valence-corrected chi connectivity index (χ3v) is 4.05. The van der Waals surface area contributed by atoms with Crippen LogP contribution in [0, 0.1) is 17.3 Å². The van der Waals surface area contributed by atoms with E-state index in [-0.39, 0.29) is 17.4 Å². The van der Waals surface area contributed by atoms with Crippen LogP contribution in [0.3, 0.4) is 0 Å². The molecule has 0 saturated heterocycles. The highest BCUT2D eigenvalue weighted by atomic mass is 16.4. The minimum absolute atomic E-state index is 0.0365. The fourth-order valence-corrected chi connectivity index (χ4v) is 3.19. The Balaban J connectivity index is 2.15. The maximum atomic E-state index is 10.9. The average molecular weight is 183 g/mol. The standard InChI is InChI=1S/C10H17NO2/c1-6-2-3-10(5-6)7(9(12)13)4-8(10)11/h6-8H,2-5,11H2,1H3,(H,12,13). The van der Waals surface area contributed by atoms with Gasteiger partial charge >= 0.3 is 5.97 Å². The summed E-state index contributed by atoms with van der Waals surface area (Å²) >= 11 is 0. The van der Waals surface area contributed by atoms with Gasteiger partial charge in [0.05, 0.1) is 5.92 Å². The Bertz CT molecular complexity index is 241. The van der Waals surface area contributed by atoms with Crippen LogP contribution >= 0.6 is 0 Å². The van der Waals surface area contributed by atoms with Crippen LogP contribution in [0.15, 0.2) is 0 Å². The van der Waals surface area contributed by atoms with Crippen molar-refractivity contribution in [3.63, 3.8) is 0 Å². The molecule has 0 radical (unpaired) electrons. The van der Waals surface area contributed by atoms with Crippen LogP contribution in [0.1, 0.15) is 32.6 Å². The number of carboxylic acid groups (broad SMARTS) is 1. The molecule has 0 aliphatic heterocycles. The molecule has 74 valence electrons. The zero-order valence-corrected chi connectivity index (χ0v) is 7.99. The van der Waals surface area contributed by atoms with Gasteiger partial charge in [0, 0.05) is 6.04 Å². The minimum atomic E-state index is -0.643. The van der Waals surface area contributed by atoms with Crippen molar-refractivity contribution in [1.82, 2.24) is 0 Å². The number of carboxylic acids is 1. The van der Waals surface area contributed by atoms with Gasteiger partial charge in [-0.15, -0.1) is 0 Å². The normalized spacial score (nSPS) is 49.2. The van der Waals surface area contributed by atoms with Crippen molar-refractivity contribution in [3.05, 3.63) is 0 Å². The predicted octanol–water partition coefficient (Wildman–Crippen LogP) is 1.22. The van der Waals surface area contributed by atoms with Gasteiger partial charge in [0.1, 0.15) is 0 Å². The molecule has 4 unspecified atom stereocenters. The average Bonchev–Trinajstić information content (AvgIpc) is 2.45. The second kappa shape index (κ2) is 2.71. The van der Waals surface area contributed by atoms with Gasteiger partial charge < -0.3 is 10.8 Å². The largest absolute Gasteiger partial charge is 0.481 e. The van der Waals surface area contributed by atoms with Crippen molar-refractivity contribution in [2.75, 3.05) is 0 Å². The smallest absolute Gasteiger partial charge is 0.307 e. The third kappa shape index (κ3) is 1.10. The Morgan fingerprint density at radius 1 is 1.62 bits per heavy atom. The van der Waals surface area contributed by atoms with Crippen LogP contribution in [-0.2, 0) is 4.79 Å². The molecule has 2 aliphatic rings. The van der Waals surface area contributed by atoms with Gasteiger partial charge in [0.15, 0.2) is 0 Å². The molecule has 3 nitrogen and oxygen atoms in total. The molecule has 2 saturated carbocycles. The van der Waals surface area contributed by atoms with Gasteiger partial charge in [-0.05, 0) is 30.6 Å². The number of rotatable bonds is 1. The second-order valence-corrected chi connectivity index (χ2v) is 4.81. The number of aliphatic carboxylic acids is 1. The highest BCUT2D eigenvalue weighted by Crippen LogP contribution is 2.58. The maximum Gasteiger partial charge on any atom is 0.307 e. The lowest BCUT2D eigenvalue weighted by Gasteiger charge is -2.50. The van der Waals surface area contributed by atoms with Crippen molar-refractivity contribution < 1.29 is 9.90 Å². The Labute approximate surface area is 78.3 Å². The van der Waals surface area contributed by atoms with Gasteiger partial charge in [0.25, 0.3) is 0 Å². The molecule has 2 aliphatic carbocycles. The summed E-state index contributed by atoms with van der Waals surface area (Å²) in [5, 5.41) is 9.01. The highest BCUT2D eigenvalue weighted by Gasteiger charge is 2.58. The first-order chi connectivity index (χ1) is 6.06. The van der Waals surface area contributed by atoms with Crippen molar-refractivity contribution in [2.45, 2.75) is 38.6 Å². The molecule has 2 rings (SSSR count). The van der Waals surface area contributed by atoms with Crippen LogP contribution < -0.4 is 5.73 Å². The number of hydrogen-bond donors (Lipinski definition) is 2. The van der Waals surface area contributed by atoms with E-state index in [9.17, 15) is 4.79 Å². The van der Waals surface area contributed by atoms with Crippen LogP contribution in [-0.4, -0.2) is 17.1 Å². The van der Waals surface area contributed by atoms with E-state index in [1.54, 1.807) is 0 Å². The molecular formula is C10H17NO2. The molecule has 4 atom stereocenters. The van der Waals surface area contributed by atoms with E-state index in [0.717, 1.165) is 19.3 Å². The van der Waals surface area contributed by atoms with Crippen molar-refractivity contribution in [3.8, 4) is 0 Å². The van der Waals surface area contributed by atoms with Crippen molar-refractivity contribution >= 4 is 5.97 Å². The Hall–Kier alpha value is -0.570. The lowest BCUT2D eigenvalue weighted by molar-refractivity contribution is -0.156. The first-order valence-corrected chi connectivity index (χ1v) is 5.04. The van der Waals surface area contributed by atoms with Gasteiger partial charge in [0.2, 0.25) is 0 Å². The van der Waals surface area contributed by atoms with Crippen molar-refractivity contribution in [2.24, 2.45) is 23.0 Å². The fourth-order valence-electron chi connectivity index (χ4n) is 3.19. The Kier molecular flexibility index (Phi) is 1.88. The van der Waals surface area contributed by atoms with Crippen LogP contribution in [0.4, 0.5) is 0 Å². The van der Waals surface area contributed by atoms with Crippen LogP contribution in [0.5, 0.6) is 0 Å². The van der Waals surface area contributed by atoms with Gasteiger partial charge in [-0.1, -0.05) is 13.3 Å². The van der Waals surface area contributed by atoms with E-state index in [1.807, 2.05) is 0 Å². The van der Waals surface area contributed by atoms with E-state index in [2.05, 4.69) is 6.92 Å². The van der Waals surface area contributed by atoms with E-state index in [0.29, 0.717) is 12.3 Å². The predicted molar refractivity (Wildman–Crippen MR) is 49.2 cm³/mol. The number of carbonyl (C=O) groups is 1. The SMILES string of the molecule is CC1CCC2(C1)C(N)CC2C(=O)O. The maximum absolute atomic E-state index is 10.9. The van der Waals surface area contributed by atoms with Crippen LogP contribution in [0.25, 0.3) is 0 Å². The lowest BCUT2D eigenvalue weighted by atomic mass is 9.55. The molecule has 1 spiro atoms. The molecule has 3 N–H and O–H groups in total. The number of hydrogen-bond acceptors (Lipinski definition) is 2. The molecule has 13 heavy (non-hydrogen) atoms. The van der Waals surface area contributed by atoms with E-state index < -0.39 is 5.97 Å². The topological polar surface area (TPSA) is 63.3 Å². The molecule has 0 aromatic heterocycles. The molecular weight excluding hydrogens is 166 g/mol. The van der Waals surface area contributed by atoms with Gasteiger partial charge in [-0.25, -0.2) is 0 Å². The first-order valence-electron chi connectivity index (χ1n) is 5.04. The lowest BCUT2D eigenvalue weighted by Crippen LogP contribution is -2.59. The number of nitrogens with two attached hydrogens (primary N) is 1. The summed E-state index contributed by atoms with van der Waals surface area (Å²) in [6.45, 7) is 2.19. The van der Waals surface area contributed by atoms with Crippen LogP contribution in [0.2, 0.25) is 0 Å². The second-order valence-electron chi connectivity index (χ2n) is 4.81. The summed E-state index contributed by atoms with van der Waals surface area (Å²) < 4.78 is 0. The zero-order chi connectivity index (χ0) is 9.64.